The summed E-state index contributed by atoms with van der Waals surface area (Å²) < 4.78 is 0. The molecule has 0 saturated heterocycles. The summed E-state index contributed by atoms with van der Waals surface area (Å²) in [5.74, 6) is 5.88. The average Bonchev–Trinajstić information content (AvgIpc) is 1.97. The van der Waals surface area contributed by atoms with Crippen LogP contribution in [0.25, 0.3) is 0 Å². The van der Waals surface area contributed by atoms with Gasteiger partial charge in [-0.1, -0.05) is 25.7 Å². The molecule has 0 aromatic carbocycles. The van der Waals surface area contributed by atoms with Gasteiger partial charge in [0, 0.05) is 6.08 Å². The minimum absolute atomic E-state index is 0.0819. The normalized spacial score (nSPS) is 8.42. The zero-order chi connectivity index (χ0) is 9.40. The third-order valence-electron chi connectivity index (χ3n) is 1.29. The second-order valence-electron chi connectivity index (χ2n) is 3.15. The van der Waals surface area contributed by atoms with Gasteiger partial charge < -0.3 is 5.11 Å². The first-order chi connectivity index (χ1) is 5.66. The van der Waals surface area contributed by atoms with Gasteiger partial charge in [-0.3, -0.25) is 0 Å². The lowest BCUT2D eigenvalue weighted by Gasteiger charge is -1.99. The van der Waals surface area contributed by atoms with Gasteiger partial charge in [0.05, 0.1) is 0 Å². The van der Waals surface area contributed by atoms with E-state index in [4.69, 9.17) is 5.11 Å². The van der Waals surface area contributed by atoms with Gasteiger partial charge in [0.2, 0.25) is 0 Å². The fraction of sp³-hybridized carbons (Fsp3) is 0.545. The van der Waals surface area contributed by atoms with E-state index in [0.717, 1.165) is 6.42 Å². The van der Waals surface area contributed by atoms with E-state index in [1.165, 1.54) is 5.57 Å². The van der Waals surface area contributed by atoms with E-state index in [2.05, 4.69) is 31.4 Å². The Morgan fingerprint density at radius 1 is 1.50 bits per heavy atom. The molecule has 0 aliphatic rings. The molecule has 0 radical (unpaired) electrons. The van der Waals surface area contributed by atoms with Crippen molar-refractivity contribution < 1.29 is 5.11 Å². The van der Waals surface area contributed by atoms with E-state index in [1.807, 2.05) is 6.92 Å². The summed E-state index contributed by atoms with van der Waals surface area (Å²) in [6.45, 7) is 6.30. The molecule has 0 aliphatic heterocycles. The Morgan fingerprint density at radius 3 is 2.67 bits per heavy atom. The molecule has 0 heterocycles. The molecule has 1 heteroatoms. The molecule has 0 aliphatic carbocycles. The van der Waals surface area contributed by atoms with Crippen molar-refractivity contribution in [2.24, 2.45) is 5.92 Å². The smallest absolute Gasteiger partial charge is 0.104 e. The van der Waals surface area contributed by atoms with Gasteiger partial charge in [-0.15, -0.1) is 5.73 Å². The van der Waals surface area contributed by atoms with Crippen LogP contribution in [0.1, 0.15) is 27.2 Å². The first-order valence-electron chi connectivity index (χ1n) is 4.16. The van der Waals surface area contributed by atoms with Crippen LogP contribution in [0.2, 0.25) is 0 Å². The van der Waals surface area contributed by atoms with Crippen LogP contribution < -0.4 is 0 Å². The highest BCUT2D eigenvalue weighted by Crippen LogP contribution is 2.07. The summed E-state index contributed by atoms with van der Waals surface area (Å²) in [4.78, 5) is 0. The second-order valence-corrected chi connectivity index (χ2v) is 3.15. The Balaban J connectivity index is 4.05. The average molecular weight is 164 g/mol. The molecule has 1 N–H and O–H groups in total. The van der Waals surface area contributed by atoms with E-state index in [9.17, 15) is 0 Å². The molecule has 1 nitrogen and oxygen atoms in total. The molecule has 12 heavy (non-hydrogen) atoms. The summed E-state index contributed by atoms with van der Waals surface area (Å²) in [7, 11) is 0. The van der Waals surface area contributed by atoms with E-state index in [-0.39, 0.29) is 6.61 Å². The minimum Gasteiger partial charge on any atom is -0.384 e. The van der Waals surface area contributed by atoms with Crippen LogP contribution in [-0.4, -0.2) is 11.7 Å². The molecule has 0 bridgehead atoms. The van der Waals surface area contributed by atoms with E-state index in [1.54, 1.807) is 6.08 Å². The molecule has 0 fully saturated rings. The van der Waals surface area contributed by atoms with Gasteiger partial charge in [-0.2, -0.15) is 0 Å². The van der Waals surface area contributed by atoms with Crippen LogP contribution in [0.15, 0.2) is 17.4 Å². The van der Waals surface area contributed by atoms with Gasteiger partial charge >= 0.3 is 0 Å². The molecule has 0 unspecified atom stereocenters. The van der Waals surface area contributed by atoms with E-state index in [0.29, 0.717) is 5.92 Å². The van der Waals surface area contributed by atoms with Crippen LogP contribution >= 0.6 is 0 Å². The van der Waals surface area contributed by atoms with Crippen molar-refractivity contribution in [3.05, 3.63) is 17.4 Å². The molecule has 0 aromatic rings. The summed E-state index contributed by atoms with van der Waals surface area (Å²) >= 11 is 0. The zero-order valence-corrected chi connectivity index (χ0v) is 8.02. The number of aliphatic hydroxyl groups is 1. The standard InChI is InChI=1S/C11H16O/c1-10(2)9-11(3)7-5-4-6-8-12/h5,10,12H,8-9H2,1-3H3. The Hall–Kier alpha value is -0.960. The summed E-state index contributed by atoms with van der Waals surface area (Å²) in [6.07, 6.45) is 2.71. The maximum atomic E-state index is 8.35. The van der Waals surface area contributed by atoms with Crippen molar-refractivity contribution in [2.75, 3.05) is 6.61 Å². The number of hydrogen-bond donors (Lipinski definition) is 1. The van der Waals surface area contributed by atoms with Gasteiger partial charge in [-0.25, -0.2) is 0 Å². The minimum atomic E-state index is -0.0819. The Morgan fingerprint density at radius 2 is 2.17 bits per heavy atom. The first-order valence-corrected chi connectivity index (χ1v) is 4.16. The van der Waals surface area contributed by atoms with Crippen LogP contribution in [0, 0.1) is 17.8 Å². The third-order valence-corrected chi connectivity index (χ3v) is 1.29. The van der Waals surface area contributed by atoms with Crippen LogP contribution in [0.5, 0.6) is 0 Å². The van der Waals surface area contributed by atoms with Crippen molar-refractivity contribution in [1.29, 1.82) is 0 Å². The SMILES string of the molecule is CC(=C=CC#CCO)CC(C)C. The number of aliphatic hydroxyl groups excluding tert-OH is 1. The number of rotatable bonds is 2. The lowest BCUT2D eigenvalue weighted by molar-refractivity contribution is 0.350. The van der Waals surface area contributed by atoms with Crippen molar-refractivity contribution in [3.63, 3.8) is 0 Å². The maximum Gasteiger partial charge on any atom is 0.104 e. The fourth-order valence-electron chi connectivity index (χ4n) is 0.927. The zero-order valence-electron chi connectivity index (χ0n) is 8.02. The number of hydrogen-bond acceptors (Lipinski definition) is 1. The topological polar surface area (TPSA) is 20.2 Å². The van der Waals surface area contributed by atoms with Crippen LogP contribution in [0.4, 0.5) is 0 Å². The molecule has 0 atom stereocenters. The Labute approximate surface area is 74.8 Å². The van der Waals surface area contributed by atoms with Gasteiger partial charge in [0.15, 0.2) is 0 Å². The second kappa shape index (κ2) is 6.73. The lowest BCUT2D eigenvalue weighted by atomic mass is 10.1. The van der Waals surface area contributed by atoms with E-state index < -0.39 is 0 Å². The number of allylic oxidation sites excluding steroid dienone is 1. The Kier molecular flexibility index (Phi) is 6.19. The fourth-order valence-corrected chi connectivity index (χ4v) is 0.927. The first kappa shape index (κ1) is 11.0. The van der Waals surface area contributed by atoms with Crippen LogP contribution in [-0.2, 0) is 0 Å². The molecular formula is C11H16O. The van der Waals surface area contributed by atoms with E-state index >= 15 is 0 Å². The molecule has 0 saturated carbocycles. The molecular weight excluding hydrogens is 148 g/mol. The molecule has 0 aromatic heterocycles. The van der Waals surface area contributed by atoms with Crippen molar-refractivity contribution in [2.45, 2.75) is 27.2 Å². The van der Waals surface area contributed by atoms with Gasteiger partial charge in [-0.05, 0) is 24.8 Å². The van der Waals surface area contributed by atoms with Crippen LogP contribution in [0.3, 0.4) is 0 Å². The third kappa shape index (κ3) is 7.15. The summed E-state index contributed by atoms with van der Waals surface area (Å²) in [6, 6.07) is 0. The lowest BCUT2D eigenvalue weighted by Crippen LogP contribution is -1.85. The molecule has 66 valence electrons. The summed E-state index contributed by atoms with van der Waals surface area (Å²) in [5, 5.41) is 8.35. The molecule has 0 spiro atoms. The predicted molar refractivity (Wildman–Crippen MR) is 51.6 cm³/mol. The molecule has 0 amide bonds. The highest BCUT2D eigenvalue weighted by molar-refractivity contribution is 5.16. The van der Waals surface area contributed by atoms with Crippen molar-refractivity contribution in [1.82, 2.24) is 0 Å². The van der Waals surface area contributed by atoms with Gasteiger partial charge in [0.1, 0.15) is 6.61 Å². The Bertz CT molecular complexity index is 231. The highest BCUT2D eigenvalue weighted by Gasteiger charge is 1.92. The molecule has 0 rings (SSSR count). The summed E-state index contributed by atoms with van der Waals surface area (Å²) in [5.41, 5.74) is 4.26. The quantitative estimate of drug-likeness (QED) is 0.489. The van der Waals surface area contributed by atoms with Crippen molar-refractivity contribution in [3.8, 4) is 11.8 Å². The monoisotopic (exact) mass is 164 g/mol. The predicted octanol–water partition coefficient (Wildman–Crippen LogP) is 2.13. The van der Waals surface area contributed by atoms with Gasteiger partial charge in [0.25, 0.3) is 0 Å². The highest BCUT2D eigenvalue weighted by atomic mass is 16.2. The maximum absolute atomic E-state index is 8.35. The largest absolute Gasteiger partial charge is 0.384 e. The van der Waals surface area contributed by atoms with Crippen molar-refractivity contribution >= 4 is 0 Å².